The predicted octanol–water partition coefficient (Wildman–Crippen LogP) is -1.29. The van der Waals surface area contributed by atoms with Gasteiger partial charge in [0.25, 0.3) is 5.91 Å². The van der Waals surface area contributed by atoms with Crippen molar-refractivity contribution >= 4 is 11.9 Å². The van der Waals surface area contributed by atoms with Crippen LogP contribution in [-0.4, -0.2) is 16.9 Å². The van der Waals surface area contributed by atoms with Crippen LogP contribution in [-0.2, 0) is 0 Å². The lowest BCUT2D eigenvalue weighted by molar-refractivity contribution is 0.0953. The molecular weight excluding hydrogens is 186 g/mol. The fourth-order valence-corrected chi connectivity index (χ4v) is 0.587. The molecule has 0 aliphatic rings. The summed E-state index contributed by atoms with van der Waals surface area (Å²) in [5.74, 6) is 4.58. The number of carbonyl (C=O) groups excluding carboxylic acids is 2. The summed E-state index contributed by atoms with van der Waals surface area (Å²) in [5.41, 5.74) is 11.0. The summed E-state index contributed by atoms with van der Waals surface area (Å²) < 4.78 is 0. The van der Waals surface area contributed by atoms with E-state index in [9.17, 15) is 4.79 Å². The number of urea groups is 1. The monoisotopic (exact) mass is 197 g/mol. The lowest BCUT2D eigenvalue weighted by atomic mass is 10.3. The van der Waals surface area contributed by atoms with Crippen molar-refractivity contribution in [2.75, 3.05) is 0 Å². The van der Waals surface area contributed by atoms with Crippen LogP contribution >= 0.6 is 0 Å². The highest BCUT2D eigenvalue weighted by molar-refractivity contribution is 5.93. The van der Waals surface area contributed by atoms with Crippen molar-refractivity contribution in [2.24, 2.45) is 17.3 Å². The number of nitrogen functional groups attached to an aromatic ring is 1. The molecule has 76 valence electrons. The zero-order chi connectivity index (χ0) is 11.0. The molecule has 0 atom stereocenters. The van der Waals surface area contributed by atoms with Crippen LogP contribution in [0, 0.1) is 0 Å². The molecule has 1 rings (SSSR count). The van der Waals surface area contributed by atoms with Crippen molar-refractivity contribution in [1.82, 2.24) is 10.4 Å². The summed E-state index contributed by atoms with van der Waals surface area (Å²) in [6, 6.07) is 2.34. The summed E-state index contributed by atoms with van der Waals surface area (Å²) in [6.45, 7) is 0. The molecule has 0 aliphatic carbocycles. The van der Waals surface area contributed by atoms with Crippen molar-refractivity contribution in [2.45, 2.75) is 0 Å². The summed E-state index contributed by atoms with van der Waals surface area (Å²) in [4.78, 5) is 23.5. The van der Waals surface area contributed by atoms with E-state index < -0.39 is 6.03 Å². The van der Waals surface area contributed by atoms with Crippen LogP contribution in [0.25, 0.3) is 0 Å². The third-order valence-electron chi connectivity index (χ3n) is 1.07. The fourth-order valence-electron chi connectivity index (χ4n) is 0.587. The molecule has 3 amide bonds. The quantitative estimate of drug-likeness (QED) is 0.253. The topological polar surface area (TPSA) is 137 Å². The van der Waals surface area contributed by atoms with E-state index in [1.54, 1.807) is 12.1 Å². The molecule has 0 aromatic carbocycles. The Labute approximate surface area is 80.2 Å². The largest absolute Gasteiger partial charge is 0.352 e. The van der Waals surface area contributed by atoms with E-state index in [1.807, 2.05) is 5.43 Å². The van der Waals surface area contributed by atoms with Gasteiger partial charge in [-0.15, -0.1) is 0 Å². The molecule has 0 fully saturated rings. The van der Waals surface area contributed by atoms with Crippen molar-refractivity contribution in [3.8, 4) is 0 Å². The Balaban J connectivity index is 0.000000364. The SMILES string of the molecule is NC(N)=O.NNC(=O)c1ccncc1. The fraction of sp³-hybridized carbons (Fsp3) is 0. The molecule has 0 saturated carbocycles. The molecule has 7 heteroatoms. The van der Waals surface area contributed by atoms with Crippen LogP contribution < -0.4 is 22.7 Å². The third kappa shape index (κ3) is 5.49. The van der Waals surface area contributed by atoms with E-state index in [0.29, 0.717) is 5.56 Å². The second-order valence-corrected chi connectivity index (χ2v) is 2.11. The smallest absolute Gasteiger partial charge is 0.309 e. The minimum absolute atomic E-state index is 0.303. The highest BCUT2D eigenvalue weighted by Crippen LogP contribution is 1.93. The van der Waals surface area contributed by atoms with Gasteiger partial charge in [0.1, 0.15) is 0 Å². The number of carbonyl (C=O) groups is 2. The minimum Gasteiger partial charge on any atom is -0.352 e. The van der Waals surface area contributed by atoms with Gasteiger partial charge in [-0.1, -0.05) is 0 Å². The van der Waals surface area contributed by atoms with Gasteiger partial charge in [0.2, 0.25) is 0 Å². The summed E-state index contributed by atoms with van der Waals surface area (Å²) >= 11 is 0. The minimum atomic E-state index is -0.833. The van der Waals surface area contributed by atoms with E-state index >= 15 is 0 Å². The van der Waals surface area contributed by atoms with E-state index in [1.165, 1.54) is 12.4 Å². The maximum atomic E-state index is 10.7. The van der Waals surface area contributed by atoms with Crippen molar-refractivity contribution in [3.63, 3.8) is 0 Å². The molecule has 0 bridgehead atoms. The first-order valence-electron chi connectivity index (χ1n) is 3.53. The lowest BCUT2D eigenvalue weighted by Gasteiger charge is -1.95. The lowest BCUT2D eigenvalue weighted by Crippen LogP contribution is -2.29. The molecule has 14 heavy (non-hydrogen) atoms. The highest BCUT2D eigenvalue weighted by atomic mass is 16.2. The number of primary amides is 2. The average Bonchev–Trinajstić information content (AvgIpc) is 2.17. The first kappa shape index (κ1) is 11.8. The number of nitrogens with zero attached hydrogens (tertiary/aromatic N) is 1. The number of hydrogen-bond donors (Lipinski definition) is 4. The number of amides is 3. The van der Waals surface area contributed by atoms with Gasteiger partial charge in [0.05, 0.1) is 0 Å². The third-order valence-corrected chi connectivity index (χ3v) is 1.07. The molecule has 7 N–H and O–H groups in total. The van der Waals surface area contributed by atoms with Gasteiger partial charge >= 0.3 is 6.03 Å². The van der Waals surface area contributed by atoms with Crippen LogP contribution in [0.15, 0.2) is 24.5 Å². The number of hydrazine groups is 1. The van der Waals surface area contributed by atoms with E-state index in [4.69, 9.17) is 10.6 Å². The molecule has 0 saturated heterocycles. The Bertz CT molecular complexity index is 296. The summed E-state index contributed by atoms with van der Waals surface area (Å²) in [5, 5.41) is 0. The van der Waals surface area contributed by atoms with E-state index in [0.717, 1.165) is 0 Å². The van der Waals surface area contributed by atoms with Gasteiger partial charge in [0, 0.05) is 18.0 Å². The van der Waals surface area contributed by atoms with Crippen molar-refractivity contribution in [1.29, 1.82) is 0 Å². The van der Waals surface area contributed by atoms with Crippen LogP contribution in [0.3, 0.4) is 0 Å². The standard InChI is InChI=1S/C6H7N3O.CH4N2O/c7-9-6(10)5-1-3-8-4-2-5;2-1(3)4/h1-4H,7H2,(H,9,10);(H4,2,3,4). The van der Waals surface area contributed by atoms with Crippen molar-refractivity contribution < 1.29 is 9.59 Å². The number of rotatable bonds is 1. The number of aromatic nitrogens is 1. The maximum absolute atomic E-state index is 10.7. The van der Waals surface area contributed by atoms with Gasteiger partial charge < -0.3 is 11.5 Å². The van der Waals surface area contributed by atoms with Gasteiger partial charge in [-0.2, -0.15) is 0 Å². The molecule has 0 spiro atoms. The molecule has 1 aromatic heterocycles. The molecular formula is C7H11N5O2. The summed E-state index contributed by atoms with van der Waals surface area (Å²) in [7, 11) is 0. The predicted molar refractivity (Wildman–Crippen MR) is 49.7 cm³/mol. The number of nitrogens with two attached hydrogens (primary N) is 3. The van der Waals surface area contributed by atoms with Gasteiger partial charge in [-0.3, -0.25) is 15.2 Å². The van der Waals surface area contributed by atoms with Crippen LogP contribution in [0.4, 0.5) is 4.79 Å². The van der Waals surface area contributed by atoms with Crippen LogP contribution in [0.2, 0.25) is 0 Å². The number of nitrogens with one attached hydrogen (secondary N) is 1. The van der Waals surface area contributed by atoms with Crippen LogP contribution in [0.5, 0.6) is 0 Å². The average molecular weight is 197 g/mol. The second-order valence-electron chi connectivity index (χ2n) is 2.11. The van der Waals surface area contributed by atoms with E-state index in [2.05, 4.69) is 16.5 Å². The van der Waals surface area contributed by atoms with Crippen LogP contribution in [0.1, 0.15) is 10.4 Å². The molecule has 0 radical (unpaired) electrons. The molecule has 1 aromatic rings. The Morgan fingerprint density at radius 2 is 1.64 bits per heavy atom. The molecule has 0 aliphatic heterocycles. The molecule has 1 heterocycles. The normalized spacial score (nSPS) is 8.07. The number of pyridine rings is 1. The Kier molecular flexibility index (Phi) is 5.40. The summed E-state index contributed by atoms with van der Waals surface area (Å²) in [6.07, 6.45) is 3.06. The first-order valence-corrected chi connectivity index (χ1v) is 3.53. The first-order chi connectivity index (χ1) is 6.57. The van der Waals surface area contributed by atoms with Crippen molar-refractivity contribution in [3.05, 3.63) is 30.1 Å². The van der Waals surface area contributed by atoms with Gasteiger partial charge in [-0.25, -0.2) is 10.6 Å². The van der Waals surface area contributed by atoms with Gasteiger partial charge in [-0.05, 0) is 12.1 Å². The zero-order valence-electron chi connectivity index (χ0n) is 7.31. The van der Waals surface area contributed by atoms with Gasteiger partial charge in [0.15, 0.2) is 0 Å². The second kappa shape index (κ2) is 6.38. The number of hydrogen-bond acceptors (Lipinski definition) is 4. The highest BCUT2D eigenvalue weighted by Gasteiger charge is 1.98. The Morgan fingerprint density at radius 3 is 2.00 bits per heavy atom. The Hall–Kier alpha value is -2.15. The molecule has 7 nitrogen and oxygen atoms in total. The zero-order valence-corrected chi connectivity index (χ0v) is 7.31. The molecule has 0 unspecified atom stereocenters. The van der Waals surface area contributed by atoms with E-state index in [-0.39, 0.29) is 5.91 Å². The Morgan fingerprint density at radius 1 is 1.21 bits per heavy atom. The maximum Gasteiger partial charge on any atom is 0.309 e.